The molecule has 0 heterocycles. The summed E-state index contributed by atoms with van der Waals surface area (Å²) in [6.45, 7) is 2.91. The number of carbonyl (C=O) groups excluding carboxylic acids is 1. The third kappa shape index (κ3) is 3.55. The molecule has 0 unspecified atom stereocenters. The SMILES string of the molecule is CCOC(=O)c1ccccc1NCCCO. The molecule has 0 saturated heterocycles. The van der Waals surface area contributed by atoms with Crippen LogP contribution in [0.1, 0.15) is 23.7 Å². The van der Waals surface area contributed by atoms with Gasteiger partial charge in [0, 0.05) is 18.8 Å². The van der Waals surface area contributed by atoms with Gasteiger partial charge in [-0.25, -0.2) is 4.79 Å². The minimum Gasteiger partial charge on any atom is -0.462 e. The Labute approximate surface area is 95.2 Å². The van der Waals surface area contributed by atoms with Crippen molar-refractivity contribution < 1.29 is 14.6 Å². The fourth-order valence-electron chi connectivity index (χ4n) is 1.33. The van der Waals surface area contributed by atoms with Crippen LogP contribution in [0.2, 0.25) is 0 Å². The fourth-order valence-corrected chi connectivity index (χ4v) is 1.33. The minimum absolute atomic E-state index is 0.134. The Hall–Kier alpha value is -1.55. The van der Waals surface area contributed by atoms with Crippen LogP contribution in [0.25, 0.3) is 0 Å². The molecule has 0 aliphatic heterocycles. The highest BCUT2D eigenvalue weighted by atomic mass is 16.5. The molecule has 4 heteroatoms. The number of esters is 1. The van der Waals surface area contributed by atoms with Crippen molar-refractivity contribution in [3.8, 4) is 0 Å². The molecule has 0 aliphatic carbocycles. The van der Waals surface area contributed by atoms with Crippen LogP contribution in [0.3, 0.4) is 0 Å². The first-order chi connectivity index (χ1) is 7.79. The molecular formula is C12H17NO3. The van der Waals surface area contributed by atoms with Crippen molar-refractivity contribution in [2.75, 3.05) is 25.1 Å². The van der Waals surface area contributed by atoms with Gasteiger partial charge >= 0.3 is 5.97 Å². The summed E-state index contributed by atoms with van der Waals surface area (Å²) in [5.41, 5.74) is 1.27. The number of para-hydroxylation sites is 1. The molecule has 0 fully saturated rings. The van der Waals surface area contributed by atoms with E-state index in [0.717, 1.165) is 5.69 Å². The molecule has 0 saturated carbocycles. The van der Waals surface area contributed by atoms with Crippen molar-refractivity contribution in [1.29, 1.82) is 0 Å². The predicted octanol–water partition coefficient (Wildman–Crippen LogP) is 1.66. The van der Waals surface area contributed by atoms with Gasteiger partial charge in [-0.05, 0) is 25.5 Å². The lowest BCUT2D eigenvalue weighted by Crippen LogP contribution is -2.11. The van der Waals surface area contributed by atoms with E-state index in [1.807, 2.05) is 12.1 Å². The molecule has 16 heavy (non-hydrogen) atoms. The Morgan fingerprint density at radius 2 is 2.19 bits per heavy atom. The van der Waals surface area contributed by atoms with Gasteiger partial charge in [-0.1, -0.05) is 12.1 Å². The number of ether oxygens (including phenoxy) is 1. The van der Waals surface area contributed by atoms with Gasteiger partial charge in [-0.15, -0.1) is 0 Å². The number of carbonyl (C=O) groups is 1. The monoisotopic (exact) mass is 223 g/mol. The fraction of sp³-hybridized carbons (Fsp3) is 0.417. The van der Waals surface area contributed by atoms with E-state index in [4.69, 9.17) is 9.84 Å². The average molecular weight is 223 g/mol. The minimum atomic E-state index is -0.324. The molecule has 4 nitrogen and oxygen atoms in total. The Balaban J connectivity index is 2.71. The number of aliphatic hydroxyl groups is 1. The molecule has 0 radical (unpaired) electrons. The summed E-state index contributed by atoms with van der Waals surface area (Å²) >= 11 is 0. The second-order valence-corrected chi connectivity index (χ2v) is 3.27. The molecule has 0 aliphatic rings. The lowest BCUT2D eigenvalue weighted by Gasteiger charge is -2.10. The van der Waals surface area contributed by atoms with Gasteiger partial charge in [-0.2, -0.15) is 0 Å². The first-order valence-electron chi connectivity index (χ1n) is 5.40. The molecule has 1 rings (SSSR count). The van der Waals surface area contributed by atoms with Crippen LogP contribution in [0, 0.1) is 0 Å². The summed E-state index contributed by atoms with van der Waals surface area (Å²) in [5, 5.41) is 11.8. The van der Waals surface area contributed by atoms with E-state index in [0.29, 0.717) is 25.1 Å². The topological polar surface area (TPSA) is 58.6 Å². The van der Waals surface area contributed by atoms with Crippen molar-refractivity contribution in [3.05, 3.63) is 29.8 Å². The van der Waals surface area contributed by atoms with Crippen molar-refractivity contribution in [1.82, 2.24) is 0 Å². The van der Waals surface area contributed by atoms with E-state index < -0.39 is 0 Å². The van der Waals surface area contributed by atoms with Crippen molar-refractivity contribution in [2.45, 2.75) is 13.3 Å². The largest absolute Gasteiger partial charge is 0.462 e. The van der Waals surface area contributed by atoms with Gasteiger partial charge in [0.15, 0.2) is 0 Å². The van der Waals surface area contributed by atoms with Crippen LogP contribution in [-0.4, -0.2) is 30.8 Å². The maximum absolute atomic E-state index is 11.6. The molecule has 88 valence electrons. The lowest BCUT2D eigenvalue weighted by molar-refractivity contribution is 0.0527. The zero-order valence-corrected chi connectivity index (χ0v) is 9.40. The number of benzene rings is 1. The van der Waals surface area contributed by atoms with E-state index in [2.05, 4.69) is 5.32 Å². The van der Waals surface area contributed by atoms with E-state index in [-0.39, 0.29) is 12.6 Å². The molecule has 0 atom stereocenters. The third-order valence-electron chi connectivity index (χ3n) is 2.07. The lowest BCUT2D eigenvalue weighted by atomic mass is 10.2. The number of hydrogen-bond acceptors (Lipinski definition) is 4. The molecule has 0 bridgehead atoms. The quantitative estimate of drug-likeness (QED) is 0.569. The molecule has 1 aromatic rings. The van der Waals surface area contributed by atoms with Crippen LogP contribution < -0.4 is 5.32 Å². The van der Waals surface area contributed by atoms with Gasteiger partial charge in [-0.3, -0.25) is 0 Å². The summed E-state index contributed by atoms with van der Waals surface area (Å²) in [6, 6.07) is 7.19. The molecule has 1 aromatic carbocycles. The van der Waals surface area contributed by atoms with Crippen LogP contribution in [0.4, 0.5) is 5.69 Å². The van der Waals surface area contributed by atoms with Gasteiger partial charge < -0.3 is 15.2 Å². The first-order valence-corrected chi connectivity index (χ1v) is 5.40. The van der Waals surface area contributed by atoms with E-state index >= 15 is 0 Å². The average Bonchev–Trinajstić information content (AvgIpc) is 2.30. The molecule has 0 aromatic heterocycles. The summed E-state index contributed by atoms with van der Waals surface area (Å²) in [4.78, 5) is 11.6. The zero-order chi connectivity index (χ0) is 11.8. The van der Waals surface area contributed by atoms with Gasteiger partial charge in [0.1, 0.15) is 0 Å². The number of nitrogens with one attached hydrogen (secondary N) is 1. The predicted molar refractivity (Wildman–Crippen MR) is 62.6 cm³/mol. The van der Waals surface area contributed by atoms with Gasteiger partial charge in [0.25, 0.3) is 0 Å². The summed E-state index contributed by atoms with van der Waals surface area (Å²) < 4.78 is 4.95. The maximum atomic E-state index is 11.6. The Kier molecular flexibility index (Phi) is 5.36. The van der Waals surface area contributed by atoms with E-state index in [9.17, 15) is 4.79 Å². The highest BCUT2D eigenvalue weighted by Gasteiger charge is 2.10. The molecular weight excluding hydrogens is 206 g/mol. The van der Waals surface area contributed by atoms with Gasteiger partial charge in [0.05, 0.1) is 12.2 Å². The Morgan fingerprint density at radius 3 is 2.88 bits per heavy atom. The van der Waals surface area contributed by atoms with Crippen molar-refractivity contribution in [3.63, 3.8) is 0 Å². The standard InChI is InChI=1S/C12H17NO3/c1-2-16-12(15)10-6-3-4-7-11(10)13-8-5-9-14/h3-4,6-7,13-14H,2,5,8-9H2,1H3. The normalized spacial score (nSPS) is 9.88. The van der Waals surface area contributed by atoms with Crippen LogP contribution in [-0.2, 0) is 4.74 Å². The van der Waals surface area contributed by atoms with Crippen molar-refractivity contribution >= 4 is 11.7 Å². The van der Waals surface area contributed by atoms with Crippen LogP contribution >= 0.6 is 0 Å². The number of rotatable bonds is 6. The first kappa shape index (κ1) is 12.5. The summed E-state index contributed by atoms with van der Waals surface area (Å²) in [6.07, 6.45) is 0.650. The highest BCUT2D eigenvalue weighted by Crippen LogP contribution is 2.15. The molecule has 2 N–H and O–H groups in total. The third-order valence-corrected chi connectivity index (χ3v) is 2.07. The van der Waals surface area contributed by atoms with Gasteiger partial charge in [0.2, 0.25) is 0 Å². The maximum Gasteiger partial charge on any atom is 0.340 e. The molecule has 0 amide bonds. The van der Waals surface area contributed by atoms with Crippen LogP contribution in [0.5, 0.6) is 0 Å². The number of hydrogen-bond donors (Lipinski definition) is 2. The zero-order valence-electron chi connectivity index (χ0n) is 9.40. The number of aliphatic hydroxyl groups excluding tert-OH is 1. The Bertz CT molecular complexity index is 339. The molecule has 0 spiro atoms. The van der Waals surface area contributed by atoms with E-state index in [1.165, 1.54) is 0 Å². The second kappa shape index (κ2) is 6.85. The number of anilines is 1. The summed E-state index contributed by atoms with van der Waals surface area (Å²) in [5.74, 6) is -0.324. The Morgan fingerprint density at radius 1 is 1.44 bits per heavy atom. The summed E-state index contributed by atoms with van der Waals surface area (Å²) in [7, 11) is 0. The van der Waals surface area contributed by atoms with Crippen LogP contribution in [0.15, 0.2) is 24.3 Å². The second-order valence-electron chi connectivity index (χ2n) is 3.27. The smallest absolute Gasteiger partial charge is 0.340 e. The highest BCUT2D eigenvalue weighted by molar-refractivity contribution is 5.95. The van der Waals surface area contributed by atoms with Crippen molar-refractivity contribution in [2.24, 2.45) is 0 Å². The van der Waals surface area contributed by atoms with E-state index in [1.54, 1.807) is 19.1 Å².